The number of halogens is 11. The average molecular weight is 1190 g/mol. The highest BCUT2D eigenvalue weighted by Crippen LogP contribution is 2.68. The number of likely N-dealkylation sites (N-methyl/N-ethyl adjacent to an activating group) is 1. The molecule has 3 N–H and O–H groups in total. The van der Waals surface area contributed by atoms with E-state index in [2.05, 4.69) is 41.6 Å². The lowest BCUT2D eigenvalue weighted by Crippen LogP contribution is -2.46. The Balaban J connectivity index is 1.45. The molecule has 3 heterocycles. The third kappa shape index (κ3) is 12.7. The monoisotopic (exact) mass is 1190 g/mol. The molecule has 7 rings (SSSR count). The molecule has 34 heteroatoms. The number of esters is 1. The predicted molar refractivity (Wildman–Crippen MR) is 252 cm³/mol. The molecule has 2 aromatic carbocycles. The fraction of sp³-hybridized carbons (Fsp3) is 0.409. The molecule has 3 amide bonds. The van der Waals surface area contributed by atoms with Crippen molar-refractivity contribution >= 4 is 73.9 Å². The van der Waals surface area contributed by atoms with Gasteiger partial charge in [-0.15, -0.1) is 0 Å². The van der Waals surface area contributed by atoms with Crippen LogP contribution in [0.2, 0.25) is 5.02 Å². The number of carbonyl (C=O) groups is 3. The highest BCUT2D eigenvalue weighted by atomic mass is 35.5. The molecule has 1 saturated carbocycles. The van der Waals surface area contributed by atoms with Gasteiger partial charge in [-0.3, -0.25) is 19.0 Å². The summed E-state index contributed by atoms with van der Waals surface area (Å²) in [6.45, 7) is -3.60. The molecule has 0 spiro atoms. The van der Waals surface area contributed by atoms with Crippen molar-refractivity contribution < 1.29 is 98.7 Å². The number of sulfonamides is 1. The Morgan fingerprint density at radius 1 is 0.974 bits per heavy atom. The smallest absolute Gasteiger partial charge is 0.437 e. The highest BCUT2D eigenvalue weighted by Gasteiger charge is 2.68. The van der Waals surface area contributed by atoms with Crippen LogP contribution < -0.4 is 9.62 Å². The van der Waals surface area contributed by atoms with Gasteiger partial charge >= 0.3 is 32.2 Å². The molecule has 0 aliphatic heterocycles. The number of nitrogens with one attached hydrogen (secondary N) is 1. The van der Waals surface area contributed by atoms with E-state index in [1.807, 2.05) is 0 Å². The first-order valence-corrected chi connectivity index (χ1v) is 27.7. The van der Waals surface area contributed by atoms with Gasteiger partial charge in [0.25, 0.3) is 5.92 Å². The number of urea groups is 1. The van der Waals surface area contributed by atoms with E-state index in [9.17, 15) is 70.9 Å². The van der Waals surface area contributed by atoms with Crippen LogP contribution in [0.5, 0.6) is 0 Å². The number of amides is 3. The summed E-state index contributed by atoms with van der Waals surface area (Å²) < 4.78 is 218. The fourth-order valence-electron chi connectivity index (χ4n) is 8.41. The molecular weight excluding hydrogens is 1150 g/mol. The van der Waals surface area contributed by atoms with Crippen molar-refractivity contribution in [1.29, 1.82) is 0 Å². The number of benzene rings is 2. The molecule has 20 nitrogen and oxygen atoms in total. The minimum absolute atomic E-state index is 0.147. The Morgan fingerprint density at radius 3 is 2.18 bits per heavy atom. The van der Waals surface area contributed by atoms with E-state index in [0.29, 0.717) is 17.2 Å². The second kappa shape index (κ2) is 20.7. The lowest BCUT2D eigenvalue weighted by atomic mass is 9.93. The van der Waals surface area contributed by atoms with Gasteiger partial charge in [-0.25, -0.2) is 44.5 Å². The van der Waals surface area contributed by atoms with Crippen molar-refractivity contribution in [2.24, 2.45) is 5.92 Å². The largest absolute Gasteiger partial charge is 0.472 e. The Hall–Kier alpha value is -6.36. The molecule has 3 aromatic heterocycles. The molecule has 78 heavy (non-hydrogen) atoms. The number of ether oxygens (including phenoxy) is 1. The fourth-order valence-corrected chi connectivity index (χ4v) is 9.94. The first kappa shape index (κ1) is 59.3. The number of hydrogen-bond acceptors (Lipinski definition) is 13. The SMILES string of the molecule is CN(CC(=O)OCOP(=O)(O)O)C(=O)N(c1nn(CC(F)(F)F)c2c(-c3ccc(C#CC(C)(C)S(C)(=O)=O)nc3C(Cc3cc(F)cc(F)c3)NC(=O)Cn3nc(C(F)(F)F)c4c3C(F)(F)[C@@H]3C[C@H]43)ccc(Cl)c12)S(C)(=O)=O. The zero-order valence-electron chi connectivity index (χ0n) is 40.5. The summed E-state index contributed by atoms with van der Waals surface area (Å²) in [4.78, 5) is 63.3. The summed E-state index contributed by atoms with van der Waals surface area (Å²) in [7, 11) is -13.4. The number of phosphoric ester groups is 1. The summed E-state index contributed by atoms with van der Waals surface area (Å²) >= 11 is 6.62. The minimum atomic E-state index is -5.26. The standard InChI is InChI=1S/C44H40ClF10N8O12PS2/c1-41(2,77(4,70)71)11-10-24-6-7-25(26-8-9-29(45)34-36(26)62(19-42(48,49)50)59-39(34)63(78(5,72)73)40(66)60(3)18-32(65)74-20-75-76(67,68)69)35(56-24)30(14-21-12-22(46)15-23(47)13-21)57-31(64)17-61-38-33(37(58-61)44(53,54)55)27-16-28(27)43(38,51)52/h6-9,12-13,15,27-28,30H,14,16-20H2,1-5H3,(H,57,64)(H2,67,68,69)/t27-,28+,30?/m0/s1. The lowest BCUT2D eigenvalue weighted by molar-refractivity contribution is -0.151. The molecule has 0 radical (unpaired) electrons. The third-order valence-electron chi connectivity index (χ3n) is 12.1. The minimum Gasteiger partial charge on any atom is -0.437 e. The van der Waals surface area contributed by atoms with E-state index < -0.39 is 186 Å². The number of rotatable bonds is 16. The molecule has 5 aromatic rings. The molecule has 1 unspecified atom stereocenters. The molecule has 2 aliphatic carbocycles. The van der Waals surface area contributed by atoms with Crippen molar-refractivity contribution in [3.8, 4) is 23.0 Å². The molecule has 0 saturated heterocycles. The number of hydrogen-bond donors (Lipinski definition) is 3. The van der Waals surface area contributed by atoms with Crippen LogP contribution >= 0.6 is 19.4 Å². The van der Waals surface area contributed by atoms with Crippen molar-refractivity contribution in [2.75, 3.05) is 37.2 Å². The van der Waals surface area contributed by atoms with Crippen LogP contribution in [0.3, 0.4) is 0 Å². The number of carbonyl (C=O) groups excluding carboxylic acids is 3. The van der Waals surface area contributed by atoms with Crippen LogP contribution in [-0.2, 0) is 74.9 Å². The van der Waals surface area contributed by atoms with Crippen molar-refractivity contribution in [3.05, 3.63) is 93.0 Å². The molecular formula is C44H40ClF10N8O12PS2. The quantitative estimate of drug-likeness (QED) is 0.0305. The van der Waals surface area contributed by atoms with Crippen LogP contribution in [0, 0.1) is 29.4 Å². The average Bonchev–Trinajstić information content (AvgIpc) is 4.03. The zero-order chi connectivity index (χ0) is 58.2. The first-order valence-electron chi connectivity index (χ1n) is 22.1. The van der Waals surface area contributed by atoms with Gasteiger partial charge in [0.1, 0.15) is 47.4 Å². The molecule has 3 atom stereocenters. The lowest BCUT2D eigenvalue weighted by Gasteiger charge is -2.25. The van der Waals surface area contributed by atoms with Crippen molar-refractivity contribution in [1.82, 2.24) is 34.8 Å². The Bertz CT molecular complexity index is 3620. The van der Waals surface area contributed by atoms with Crippen LogP contribution in [0.4, 0.5) is 54.5 Å². The number of anilines is 1. The van der Waals surface area contributed by atoms with E-state index in [4.69, 9.17) is 21.4 Å². The molecule has 422 valence electrons. The molecule has 2 aliphatic rings. The maximum absolute atomic E-state index is 15.6. The van der Waals surface area contributed by atoms with E-state index in [0.717, 1.165) is 49.7 Å². The second-order valence-electron chi connectivity index (χ2n) is 18.4. The van der Waals surface area contributed by atoms with Crippen molar-refractivity contribution in [2.45, 2.75) is 74.8 Å². The predicted octanol–water partition coefficient (Wildman–Crippen LogP) is 6.72. The number of aromatic nitrogens is 5. The summed E-state index contributed by atoms with van der Waals surface area (Å²) in [5, 5.41) is 8.24. The van der Waals surface area contributed by atoms with Gasteiger partial charge in [-0.2, -0.15) is 49.6 Å². The zero-order valence-corrected chi connectivity index (χ0v) is 43.8. The van der Waals surface area contributed by atoms with Crippen LogP contribution in [0.25, 0.3) is 22.0 Å². The summed E-state index contributed by atoms with van der Waals surface area (Å²) in [6, 6.07) is 2.54. The maximum atomic E-state index is 15.6. The maximum Gasteiger partial charge on any atom is 0.472 e. The number of fused-ring (bicyclic) bond motifs is 4. The van der Waals surface area contributed by atoms with Gasteiger partial charge < -0.3 is 24.7 Å². The Morgan fingerprint density at radius 2 is 1.60 bits per heavy atom. The van der Waals surface area contributed by atoms with Gasteiger partial charge in [0.05, 0.1) is 33.9 Å². The van der Waals surface area contributed by atoms with Crippen molar-refractivity contribution in [3.63, 3.8) is 0 Å². The van der Waals surface area contributed by atoms with Gasteiger partial charge in [-0.05, 0) is 74.4 Å². The molecule has 1 fully saturated rings. The molecule has 0 bridgehead atoms. The summed E-state index contributed by atoms with van der Waals surface area (Å²) in [5.41, 5.74) is -6.54. The summed E-state index contributed by atoms with van der Waals surface area (Å²) in [6.07, 6.45) is -10.3. The van der Waals surface area contributed by atoms with E-state index in [-0.39, 0.29) is 31.3 Å². The van der Waals surface area contributed by atoms with Crippen LogP contribution in [0.1, 0.15) is 66.1 Å². The number of sulfone groups is 1. The Kier molecular flexibility index (Phi) is 15.7. The van der Waals surface area contributed by atoms with E-state index in [1.165, 1.54) is 13.8 Å². The van der Waals surface area contributed by atoms with E-state index in [1.54, 1.807) is 0 Å². The second-order valence-corrected chi connectivity index (χ2v) is 24.5. The van der Waals surface area contributed by atoms with Gasteiger partial charge in [0, 0.05) is 42.0 Å². The van der Waals surface area contributed by atoms with Gasteiger partial charge in [0.15, 0.2) is 21.3 Å². The normalized spacial score (nSPS) is 16.7. The summed E-state index contributed by atoms with van der Waals surface area (Å²) in [5.74, 6) is -8.00. The van der Waals surface area contributed by atoms with Crippen LogP contribution in [0.15, 0.2) is 42.5 Å². The number of alkyl halides is 8. The highest BCUT2D eigenvalue weighted by molar-refractivity contribution is 7.93. The third-order valence-corrected chi connectivity index (χ3v) is 15.8. The number of pyridine rings is 1. The van der Waals surface area contributed by atoms with Gasteiger partial charge in [0.2, 0.25) is 22.7 Å². The van der Waals surface area contributed by atoms with Crippen LogP contribution in [-0.4, -0.2) is 118 Å². The number of nitrogens with zero attached hydrogens (tertiary/aromatic N) is 7. The number of phosphoric acid groups is 1. The van der Waals surface area contributed by atoms with Gasteiger partial charge in [-0.1, -0.05) is 23.6 Å². The first-order chi connectivity index (χ1) is 35.7. The Labute approximate surface area is 439 Å². The topological polar surface area (TPSA) is 263 Å². The van der Waals surface area contributed by atoms with E-state index >= 15 is 8.78 Å².